The van der Waals surface area contributed by atoms with Crippen LogP contribution in [-0.2, 0) is 22.1 Å². The standard InChI is InChI=1S/C21H21F3N2O2/c22-21(23,24)18-5-1-15(2-6-18)13-17(20(25)27)14-16-3-7-19(8-4-16)26-9-11-28-12-10-26/h1-8,13H,9-12,14H2,(H2,25,27)/b17-13-. The van der Waals surface area contributed by atoms with Gasteiger partial charge in [-0.1, -0.05) is 24.3 Å². The third-order valence-corrected chi connectivity index (χ3v) is 4.60. The summed E-state index contributed by atoms with van der Waals surface area (Å²) in [4.78, 5) is 14.0. The average Bonchev–Trinajstić information content (AvgIpc) is 2.68. The van der Waals surface area contributed by atoms with E-state index in [4.69, 9.17) is 10.5 Å². The number of alkyl halides is 3. The lowest BCUT2D eigenvalue weighted by Gasteiger charge is -2.28. The lowest BCUT2D eigenvalue weighted by molar-refractivity contribution is -0.137. The molecular formula is C21H21F3N2O2. The molecule has 1 aliphatic heterocycles. The highest BCUT2D eigenvalue weighted by Crippen LogP contribution is 2.29. The maximum Gasteiger partial charge on any atom is 0.416 e. The van der Waals surface area contributed by atoms with Crippen molar-refractivity contribution in [3.63, 3.8) is 0 Å². The summed E-state index contributed by atoms with van der Waals surface area (Å²) in [6.07, 6.45) is -2.56. The second kappa shape index (κ2) is 8.48. The molecule has 0 bridgehead atoms. The number of rotatable bonds is 5. The second-order valence-electron chi connectivity index (χ2n) is 6.60. The Morgan fingerprint density at radius 1 is 1.04 bits per heavy atom. The fourth-order valence-corrected chi connectivity index (χ4v) is 3.04. The van der Waals surface area contributed by atoms with Gasteiger partial charge in [-0.15, -0.1) is 0 Å². The lowest BCUT2D eigenvalue weighted by atomic mass is 10.0. The van der Waals surface area contributed by atoms with Crippen LogP contribution >= 0.6 is 0 Å². The van der Waals surface area contributed by atoms with E-state index in [9.17, 15) is 18.0 Å². The molecule has 1 saturated heterocycles. The summed E-state index contributed by atoms with van der Waals surface area (Å²) in [5.41, 5.74) is 7.54. The molecular weight excluding hydrogens is 369 g/mol. The Bertz CT molecular complexity index is 837. The first-order chi connectivity index (χ1) is 13.3. The number of benzene rings is 2. The molecule has 2 aromatic rings. The molecule has 0 aliphatic carbocycles. The summed E-state index contributed by atoms with van der Waals surface area (Å²) >= 11 is 0. The number of carbonyl (C=O) groups excluding carboxylic acids is 1. The first-order valence-electron chi connectivity index (χ1n) is 8.92. The van der Waals surface area contributed by atoms with Crippen LogP contribution in [0.2, 0.25) is 0 Å². The van der Waals surface area contributed by atoms with Crippen LogP contribution in [0.1, 0.15) is 16.7 Å². The van der Waals surface area contributed by atoms with Crippen LogP contribution in [0.4, 0.5) is 18.9 Å². The Hall–Kier alpha value is -2.80. The monoisotopic (exact) mass is 390 g/mol. The maximum atomic E-state index is 12.7. The highest BCUT2D eigenvalue weighted by atomic mass is 19.4. The molecule has 0 unspecified atom stereocenters. The zero-order valence-electron chi connectivity index (χ0n) is 15.2. The number of nitrogens with two attached hydrogens (primary N) is 1. The van der Waals surface area contributed by atoms with E-state index in [1.54, 1.807) is 0 Å². The number of hydrogen-bond acceptors (Lipinski definition) is 3. The first kappa shape index (κ1) is 19.9. The Morgan fingerprint density at radius 3 is 2.18 bits per heavy atom. The van der Waals surface area contributed by atoms with Crippen LogP contribution in [0, 0.1) is 0 Å². The number of primary amides is 1. The first-order valence-corrected chi connectivity index (χ1v) is 8.92. The highest BCUT2D eigenvalue weighted by Gasteiger charge is 2.29. The van der Waals surface area contributed by atoms with Gasteiger partial charge in [-0.25, -0.2) is 0 Å². The van der Waals surface area contributed by atoms with Crippen molar-refractivity contribution in [3.8, 4) is 0 Å². The van der Waals surface area contributed by atoms with Gasteiger partial charge < -0.3 is 15.4 Å². The fourth-order valence-electron chi connectivity index (χ4n) is 3.04. The van der Waals surface area contributed by atoms with E-state index in [0.29, 0.717) is 30.8 Å². The van der Waals surface area contributed by atoms with Gasteiger partial charge in [-0.05, 0) is 41.5 Å². The van der Waals surface area contributed by atoms with Gasteiger partial charge in [0.1, 0.15) is 0 Å². The number of halogens is 3. The number of carbonyl (C=O) groups is 1. The Morgan fingerprint density at radius 2 is 1.64 bits per heavy atom. The molecule has 1 heterocycles. The SMILES string of the molecule is NC(=O)/C(=C\c1ccc(C(F)(F)F)cc1)Cc1ccc(N2CCOCC2)cc1. The Kier molecular flexibility index (Phi) is 6.04. The zero-order chi connectivity index (χ0) is 20.1. The minimum atomic E-state index is -4.39. The van der Waals surface area contributed by atoms with Gasteiger partial charge in [0, 0.05) is 30.8 Å². The number of amides is 1. The van der Waals surface area contributed by atoms with Gasteiger partial charge in [0.05, 0.1) is 18.8 Å². The molecule has 2 aromatic carbocycles. The minimum Gasteiger partial charge on any atom is -0.378 e. The lowest BCUT2D eigenvalue weighted by Crippen LogP contribution is -2.36. The van der Waals surface area contributed by atoms with Crippen LogP contribution in [0.15, 0.2) is 54.1 Å². The summed E-state index contributed by atoms with van der Waals surface area (Å²) in [5, 5.41) is 0. The summed E-state index contributed by atoms with van der Waals surface area (Å²) < 4.78 is 43.3. The summed E-state index contributed by atoms with van der Waals surface area (Å²) in [6, 6.07) is 12.4. The van der Waals surface area contributed by atoms with E-state index in [0.717, 1.165) is 36.5 Å². The predicted octanol–water partition coefficient (Wildman–Crippen LogP) is 3.65. The van der Waals surface area contributed by atoms with Gasteiger partial charge in [0.25, 0.3) is 0 Å². The molecule has 0 radical (unpaired) electrons. The Labute approximate surface area is 161 Å². The van der Waals surface area contributed by atoms with E-state index in [2.05, 4.69) is 4.90 Å². The molecule has 148 valence electrons. The van der Waals surface area contributed by atoms with Gasteiger partial charge in [0.2, 0.25) is 5.91 Å². The summed E-state index contributed by atoms with van der Waals surface area (Å²) in [7, 11) is 0. The molecule has 0 atom stereocenters. The van der Waals surface area contributed by atoms with Gasteiger partial charge >= 0.3 is 6.18 Å². The second-order valence-corrected chi connectivity index (χ2v) is 6.60. The van der Waals surface area contributed by atoms with E-state index in [1.165, 1.54) is 18.2 Å². The van der Waals surface area contributed by atoms with E-state index >= 15 is 0 Å². The predicted molar refractivity (Wildman–Crippen MR) is 102 cm³/mol. The molecule has 2 N–H and O–H groups in total. The topological polar surface area (TPSA) is 55.6 Å². The summed E-state index contributed by atoms with van der Waals surface area (Å²) in [5.74, 6) is -0.600. The minimum absolute atomic E-state index is 0.305. The molecule has 1 fully saturated rings. The van der Waals surface area contributed by atoms with E-state index in [-0.39, 0.29) is 0 Å². The molecule has 28 heavy (non-hydrogen) atoms. The number of anilines is 1. The van der Waals surface area contributed by atoms with E-state index < -0.39 is 17.6 Å². The highest BCUT2D eigenvalue weighted by molar-refractivity contribution is 5.97. The molecule has 3 rings (SSSR count). The number of hydrogen-bond donors (Lipinski definition) is 1. The smallest absolute Gasteiger partial charge is 0.378 e. The van der Waals surface area contributed by atoms with Crippen LogP contribution < -0.4 is 10.6 Å². The van der Waals surface area contributed by atoms with Gasteiger partial charge in [0.15, 0.2) is 0 Å². The maximum absolute atomic E-state index is 12.7. The molecule has 4 nitrogen and oxygen atoms in total. The fraction of sp³-hybridized carbons (Fsp3) is 0.286. The van der Waals surface area contributed by atoms with Crippen LogP contribution in [-0.4, -0.2) is 32.2 Å². The molecule has 7 heteroatoms. The van der Waals surface area contributed by atoms with Gasteiger partial charge in [-0.2, -0.15) is 13.2 Å². The third-order valence-electron chi connectivity index (χ3n) is 4.60. The van der Waals surface area contributed by atoms with Crippen molar-refractivity contribution >= 4 is 17.7 Å². The van der Waals surface area contributed by atoms with Crippen molar-refractivity contribution in [2.45, 2.75) is 12.6 Å². The van der Waals surface area contributed by atoms with Gasteiger partial charge in [-0.3, -0.25) is 4.79 Å². The quantitative estimate of drug-likeness (QED) is 0.793. The number of nitrogens with zero attached hydrogens (tertiary/aromatic N) is 1. The average molecular weight is 390 g/mol. The number of ether oxygens (including phenoxy) is 1. The molecule has 0 saturated carbocycles. The zero-order valence-corrected chi connectivity index (χ0v) is 15.2. The van der Waals surface area contributed by atoms with Crippen molar-refractivity contribution in [1.82, 2.24) is 0 Å². The van der Waals surface area contributed by atoms with Crippen molar-refractivity contribution in [2.24, 2.45) is 5.73 Å². The van der Waals surface area contributed by atoms with Crippen molar-refractivity contribution in [3.05, 3.63) is 70.8 Å². The largest absolute Gasteiger partial charge is 0.416 e. The van der Waals surface area contributed by atoms with Crippen LogP contribution in [0.3, 0.4) is 0 Å². The van der Waals surface area contributed by atoms with Crippen molar-refractivity contribution in [2.75, 3.05) is 31.2 Å². The molecule has 0 spiro atoms. The van der Waals surface area contributed by atoms with Crippen molar-refractivity contribution in [1.29, 1.82) is 0 Å². The molecule has 0 aromatic heterocycles. The van der Waals surface area contributed by atoms with Crippen molar-refractivity contribution < 1.29 is 22.7 Å². The number of morpholine rings is 1. The third kappa shape index (κ3) is 5.13. The van der Waals surface area contributed by atoms with Crippen LogP contribution in [0.5, 0.6) is 0 Å². The molecule has 1 amide bonds. The normalized spacial score (nSPS) is 15.5. The van der Waals surface area contributed by atoms with E-state index in [1.807, 2.05) is 24.3 Å². The molecule has 1 aliphatic rings. The Balaban J connectivity index is 1.74. The summed E-state index contributed by atoms with van der Waals surface area (Å²) in [6.45, 7) is 3.06. The van der Waals surface area contributed by atoms with Crippen LogP contribution in [0.25, 0.3) is 6.08 Å².